The Morgan fingerprint density at radius 3 is 1.94 bits per heavy atom. The molecule has 0 bridgehead atoms. The van der Waals surface area contributed by atoms with Gasteiger partial charge >= 0.3 is 6.03 Å². The minimum absolute atomic E-state index is 0.201. The van der Waals surface area contributed by atoms with E-state index >= 15 is 0 Å². The molecule has 0 radical (unpaired) electrons. The van der Waals surface area contributed by atoms with Gasteiger partial charge in [-0.15, -0.1) is 0 Å². The molecule has 4 rings (SSSR count). The maximum Gasteiger partial charge on any atom is 0.315 e. The van der Waals surface area contributed by atoms with Gasteiger partial charge in [-0.25, -0.2) is 4.79 Å². The van der Waals surface area contributed by atoms with Crippen LogP contribution in [0.4, 0.5) is 4.79 Å². The van der Waals surface area contributed by atoms with E-state index in [0.29, 0.717) is 13.1 Å². The maximum atomic E-state index is 12.7. The lowest BCUT2D eigenvalue weighted by atomic mass is 9.99. The van der Waals surface area contributed by atoms with Crippen LogP contribution in [0, 0.1) is 13.8 Å². The van der Waals surface area contributed by atoms with E-state index in [0.717, 1.165) is 33.6 Å². The van der Waals surface area contributed by atoms with Gasteiger partial charge in [0.1, 0.15) is 0 Å². The van der Waals surface area contributed by atoms with Crippen LogP contribution >= 0.6 is 0 Å². The number of aromatic nitrogens is 2. The summed E-state index contributed by atoms with van der Waals surface area (Å²) in [6.45, 7) is 5.19. The normalized spacial score (nSPS) is 10.8. The molecule has 162 valence electrons. The molecule has 0 aliphatic carbocycles. The molecule has 0 aliphatic rings. The average molecular weight is 425 g/mol. The van der Waals surface area contributed by atoms with Crippen LogP contribution < -0.4 is 10.6 Å². The number of aryl methyl sites for hydroxylation is 1. The third-order valence-corrected chi connectivity index (χ3v) is 5.59. The number of urea groups is 1. The van der Waals surface area contributed by atoms with Crippen molar-refractivity contribution >= 4 is 6.03 Å². The molecule has 0 aliphatic heterocycles. The van der Waals surface area contributed by atoms with Gasteiger partial charge in [0, 0.05) is 17.8 Å². The Morgan fingerprint density at radius 1 is 0.844 bits per heavy atom. The highest BCUT2D eigenvalue weighted by atomic mass is 16.2. The molecule has 5 nitrogen and oxygen atoms in total. The first-order chi connectivity index (χ1) is 15.6. The van der Waals surface area contributed by atoms with E-state index in [1.807, 2.05) is 90.5 Å². The number of hydrogen-bond acceptors (Lipinski definition) is 2. The van der Waals surface area contributed by atoms with Gasteiger partial charge in [-0.2, -0.15) is 5.10 Å². The van der Waals surface area contributed by atoms with Gasteiger partial charge in [0.15, 0.2) is 0 Å². The van der Waals surface area contributed by atoms with E-state index < -0.39 is 0 Å². The molecular formula is C27H28N4O. The molecule has 3 aromatic carbocycles. The summed E-state index contributed by atoms with van der Waals surface area (Å²) in [5.74, 6) is 0. The summed E-state index contributed by atoms with van der Waals surface area (Å²) in [6.07, 6.45) is 0. The number of nitrogens with zero attached hydrogens (tertiary/aromatic N) is 2. The minimum Gasteiger partial charge on any atom is -0.336 e. The van der Waals surface area contributed by atoms with Crippen LogP contribution in [0.25, 0.3) is 11.1 Å². The summed E-state index contributed by atoms with van der Waals surface area (Å²) in [4.78, 5) is 12.7. The monoisotopic (exact) mass is 424 g/mol. The zero-order chi connectivity index (χ0) is 22.3. The highest BCUT2D eigenvalue weighted by Crippen LogP contribution is 2.26. The van der Waals surface area contributed by atoms with E-state index in [1.165, 1.54) is 0 Å². The van der Waals surface area contributed by atoms with Crippen LogP contribution in [0.3, 0.4) is 0 Å². The maximum absolute atomic E-state index is 12.7. The van der Waals surface area contributed by atoms with Crippen molar-refractivity contribution in [3.05, 3.63) is 114 Å². The molecule has 0 saturated carbocycles. The van der Waals surface area contributed by atoms with Gasteiger partial charge in [0.05, 0.1) is 18.3 Å². The minimum atomic E-state index is -0.212. The lowest BCUT2D eigenvalue weighted by Gasteiger charge is -2.20. The van der Waals surface area contributed by atoms with Crippen molar-refractivity contribution in [2.45, 2.75) is 26.4 Å². The first kappa shape index (κ1) is 21.4. The smallest absolute Gasteiger partial charge is 0.315 e. The topological polar surface area (TPSA) is 59.0 Å². The van der Waals surface area contributed by atoms with Crippen molar-refractivity contribution in [3.8, 4) is 11.1 Å². The van der Waals surface area contributed by atoms with E-state index in [1.54, 1.807) is 0 Å². The molecule has 0 spiro atoms. The molecule has 2 amide bonds. The lowest BCUT2D eigenvalue weighted by molar-refractivity contribution is 0.238. The molecule has 0 atom stereocenters. The second kappa shape index (κ2) is 9.96. The second-order valence-corrected chi connectivity index (χ2v) is 7.79. The molecule has 0 fully saturated rings. The number of nitrogens with one attached hydrogen (secondary N) is 2. The third-order valence-electron chi connectivity index (χ3n) is 5.59. The van der Waals surface area contributed by atoms with Gasteiger partial charge in [-0.3, -0.25) is 4.68 Å². The first-order valence-corrected chi connectivity index (χ1v) is 10.9. The fourth-order valence-electron chi connectivity index (χ4n) is 4.04. The van der Waals surface area contributed by atoms with Gasteiger partial charge < -0.3 is 10.6 Å². The number of rotatable bonds is 7. The zero-order valence-electron chi connectivity index (χ0n) is 18.5. The summed E-state index contributed by atoms with van der Waals surface area (Å²) in [7, 11) is 0. The lowest BCUT2D eigenvalue weighted by Crippen LogP contribution is -2.39. The number of benzene rings is 3. The van der Waals surface area contributed by atoms with Crippen molar-refractivity contribution in [2.24, 2.45) is 0 Å². The number of carbonyl (C=O) groups is 1. The van der Waals surface area contributed by atoms with Crippen molar-refractivity contribution in [1.82, 2.24) is 20.4 Å². The van der Waals surface area contributed by atoms with E-state index in [4.69, 9.17) is 0 Å². The zero-order valence-corrected chi connectivity index (χ0v) is 18.5. The molecular weight excluding hydrogens is 396 g/mol. The fourth-order valence-corrected chi connectivity index (χ4v) is 4.04. The molecule has 1 heterocycles. The summed E-state index contributed by atoms with van der Waals surface area (Å²) in [5, 5.41) is 10.8. The first-order valence-electron chi connectivity index (χ1n) is 10.9. The Balaban J connectivity index is 1.41. The molecule has 1 aromatic heterocycles. The van der Waals surface area contributed by atoms with Gasteiger partial charge in [0.25, 0.3) is 0 Å². The van der Waals surface area contributed by atoms with Crippen LogP contribution in [0.1, 0.15) is 28.6 Å². The average Bonchev–Trinajstić information content (AvgIpc) is 3.12. The molecule has 5 heteroatoms. The van der Waals surface area contributed by atoms with Crippen molar-refractivity contribution < 1.29 is 4.79 Å². The summed E-state index contributed by atoms with van der Waals surface area (Å²) < 4.78 is 1.96. The molecule has 2 N–H and O–H groups in total. The summed E-state index contributed by atoms with van der Waals surface area (Å²) in [6, 6.07) is 29.9. The molecule has 0 unspecified atom stereocenters. The predicted molar refractivity (Wildman–Crippen MR) is 128 cm³/mol. The highest BCUT2D eigenvalue weighted by molar-refractivity contribution is 5.75. The standard InChI is InChI=1S/C27H28N4O/c1-20-25(22-12-6-3-7-13-22)21(2)31(30-20)19-18-28-27(32)29-26(23-14-8-4-9-15-23)24-16-10-5-11-17-24/h3-17,26H,18-19H2,1-2H3,(H2,28,29,32). The number of amides is 2. The van der Waals surface area contributed by atoms with Crippen molar-refractivity contribution in [1.29, 1.82) is 0 Å². The van der Waals surface area contributed by atoms with Crippen LogP contribution in [-0.4, -0.2) is 22.4 Å². The number of carbonyl (C=O) groups excluding carboxylic acids is 1. The molecule has 4 aromatic rings. The highest BCUT2D eigenvalue weighted by Gasteiger charge is 2.17. The van der Waals surface area contributed by atoms with Gasteiger partial charge in [0.2, 0.25) is 0 Å². The third kappa shape index (κ3) is 4.89. The van der Waals surface area contributed by atoms with E-state index in [2.05, 4.69) is 34.8 Å². The van der Waals surface area contributed by atoms with Crippen LogP contribution in [0.15, 0.2) is 91.0 Å². The Bertz CT molecular complexity index is 1120. The van der Waals surface area contributed by atoms with Crippen LogP contribution in [0.5, 0.6) is 0 Å². The Labute approximate surface area is 189 Å². The van der Waals surface area contributed by atoms with Crippen LogP contribution in [-0.2, 0) is 6.54 Å². The molecule has 32 heavy (non-hydrogen) atoms. The van der Waals surface area contributed by atoms with Crippen molar-refractivity contribution in [2.75, 3.05) is 6.54 Å². The predicted octanol–water partition coefficient (Wildman–Crippen LogP) is 5.26. The van der Waals surface area contributed by atoms with E-state index in [9.17, 15) is 4.79 Å². The Morgan fingerprint density at radius 2 is 1.38 bits per heavy atom. The largest absolute Gasteiger partial charge is 0.336 e. The van der Waals surface area contributed by atoms with E-state index in [-0.39, 0.29) is 12.1 Å². The van der Waals surface area contributed by atoms with Crippen LogP contribution in [0.2, 0.25) is 0 Å². The number of hydrogen-bond donors (Lipinski definition) is 2. The van der Waals surface area contributed by atoms with Gasteiger partial charge in [-0.1, -0.05) is 91.0 Å². The van der Waals surface area contributed by atoms with Gasteiger partial charge in [-0.05, 0) is 30.5 Å². The second-order valence-electron chi connectivity index (χ2n) is 7.79. The summed E-state index contributed by atoms with van der Waals surface area (Å²) >= 11 is 0. The molecule has 0 saturated heterocycles. The quantitative estimate of drug-likeness (QED) is 0.425. The van der Waals surface area contributed by atoms with Crippen molar-refractivity contribution in [3.63, 3.8) is 0 Å². The Hall–Kier alpha value is -3.86. The summed E-state index contributed by atoms with van der Waals surface area (Å²) in [5.41, 5.74) is 6.49. The fraction of sp³-hybridized carbons (Fsp3) is 0.185. The SMILES string of the molecule is Cc1nn(CCNC(=O)NC(c2ccccc2)c2ccccc2)c(C)c1-c1ccccc1. The Kier molecular flexibility index (Phi) is 6.66.